The van der Waals surface area contributed by atoms with Crippen molar-refractivity contribution in [2.75, 3.05) is 46.1 Å². The molecule has 2 aliphatic heterocycles. The van der Waals surface area contributed by atoms with Crippen LogP contribution in [0, 0.1) is 0 Å². The molecule has 0 saturated carbocycles. The summed E-state index contributed by atoms with van der Waals surface area (Å²) in [5, 5.41) is 0. The van der Waals surface area contributed by atoms with Crippen LogP contribution in [0.15, 0.2) is 18.2 Å². The quantitative estimate of drug-likeness (QED) is 0.829. The molecule has 2 heterocycles. The molecule has 1 saturated heterocycles. The highest BCUT2D eigenvalue weighted by atomic mass is 16.6. The monoisotopic (exact) mass is 320 g/mol. The van der Waals surface area contributed by atoms with Gasteiger partial charge in [0.2, 0.25) is 0 Å². The van der Waals surface area contributed by atoms with E-state index in [2.05, 4.69) is 4.90 Å². The Morgan fingerprint density at radius 3 is 2.78 bits per heavy atom. The number of carbonyl (C=O) groups is 1. The Labute approximate surface area is 136 Å². The van der Waals surface area contributed by atoms with Crippen LogP contribution in [0.2, 0.25) is 0 Å². The summed E-state index contributed by atoms with van der Waals surface area (Å²) >= 11 is 0. The predicted octanol–water partition coefficient (Wildman–Crippen LogP) is 1.87. The van der Waals surface area contributed by atoms with Crippen LogP contribution in [-0.4, -0.2) is 62.0 Å². The largest absolute Gasteiger partial charge is 0.492 e. The molecule has 0 unspecified atom stereocenters. The number of nitrogens with zero attached hydrogens (tertiary/aromatic N) is 2. The summed E-state index contributed by atoms with van der Waals surface area (Å²) in [6, 6.07) is 6.05. The van der Waals surface area contributed by atoms with E-state index in [0.717, 1.165) is 44.2 Å². The van der Waals surface area contributed by atoms with E-state index in [0.29, 0.717) is 26.3 Å². The van der Waals surface area contributed by atoms with Gasteiger partial charge in [0.05, 0.1) is 19.8 Å². The van der Waals surface area contributed by atoms with E-state index in [-0.39, 0.29) is 6.09 Å². The number of benzene rings is 1. The van der Waals surface area contributed by atoms with E-state index in [1.165, 1.54) is 5.56 Å². The van der Waals surface area contributed by atoms with E-state index in [1.54, 1.807) is 4.90 Å². The number of carbonyl (C=O) groups excluding carboxylic acids is 1. The smallest absolute Gasteiger partial charge is 0.410 e. The highest BCUT2D eigenvalue weighted by Gasteiger charge is 2.24. The van der Waals surface area contributed by atoms with E-state index < -0.39 is 0 Å². The summed E-state index contributed by atoms with van der Waals surface area (Å²) in [5.41, 5.74) is 2.31. The number of hydrogen-bond acceptors (Lipinski definition) is 5. The van der Waals surface area contributed by atoms with Crippen molar-refractivity contribution in [3.05, 3.63) is 29.3 Å². The number of hydrogen-bond donors (Lipinski definition) is 0. The van der Waals surface area contributed by atoms with Crippen LogP contribution in [0.25, 0.3) is 0 Å². The van der Waals surface area contributed by atoms with Crippen LogP contribution < -0.4 is 4.74 Å². The predicted molar refractivity (Wildman–Crippen MR) is 85.5 cm³/mol. The summed E-state index contributed by atoms with van der Waals surface area (Å²) in [7, 11) is 0. The van der Waals surface area contributed by atoms with E-state index in [4.69, 9.17) is 14.2 Å². The SMILES string of the molecule is CCOC(=O)N1Cc2ccc(OCCN3CCOCC3)cc2C1. The third-order valence-corrected chi connectivity index (χ3v) is 4.21. The second-order valence-electron chi connectivity index (χ2n) is 5.79. The van der Waals surface area contributed by atoms with Gasteiger partial charge in [0.25, 0.3) is 0 Å². The zero-order chi connectivity index (χ0) is 16.1. The highest BCUT2D eigenvalue weighted by Crippen LogP contribution is 2.27. The average Bonchev–Trinajstić information content (AvgIpc) is 2.99. The van der Waals surface area contributed by atoms with Crippen LogP contribution in [0.4, 0.5) is 4.79 Å². The molecule has 0 N–H and O–H groups in total. The number of morpholine rings is 1. The number of rotatable bonds is 5. The minimum absolute atomic E-state index is 0.251. The summed E-state index contributed by atoms with van der Waals surface area (Å²) in [4.78, 5) is 15.9. The van der Waals surface area contributed by atoms with Gasteiger partial charge in [-0.05, 0) is 30.2 Å². The lowest BCUT2D eigenvalue weighted by Gasteiger charge is -2.26. The molecule has 0 aromatic heterocycles. The topological polar surface area (TPSA) is 51.2 Å². The maximum atomic E-state index is 11.8. The summed E-state index contributed by atoms with van der Waals surface area (Å²) in [5.74, 6) is 0.864. The van der Waals surface area contributed by atoms with Crippen molar-refractivity contribution in [3.63, 3.8) is 0 Å². The third-order valence-electron chi connectivity index (χ3n) is 4.21. The van der Waals surface area contributed by atoms with E-state index >= 15 is 0 Å². The van der Waals surface area contributed by atoms with Crippen molar-refractivity contribution < 1.29 is 19.0 Å². The maximum absolute atomic E-state index is 11.8. The molecular weight excluding hydrogens is 296 g/mol. The second-order valence-corrected chi connectivity index (χ2v) is 5.79. The first kappa shape index (κ1) is 16.1. The van der Waals surface area contributed by atoms with Gasteiger partial charge in [-0.25, -0.2) is 4.79 Å². The fourth-order valence-corrected chi connectivity index (χ4v) is 2.92. The lowest BCUT2D eigenvalue weighted by Crippen LogP contribution is -2.38. The molecule has 0 aliphatic carbocycles. The number of ether oxygens (including phenoxy) is 3. The molecule has 1 fully saturated rings. The Morgan fingerprint density at radius 2 is 2.00 bits per heavy atom. The molecule has 0 spiro atoms. The van der Waals surface area contributed by atoms with Crippen LogP contribution in [0.3, 0.4) is 0 Å². The molecule has 1 aromatic carbocycles. The first-order valence-corrected chi connectivity index (χ1v) is 8.22. The van der Waals surface area contributed by atoms with Crippen molar-refractivity contribution in [1.29, 1.82) is 0 Å². The van der Waals surface area contributed by atoms with Gasteiger partial charge in [-0.1, -0.05) is 6.07 Å². The molecule has 3 rings (SSSR count). The normalized spacial score (nSPS) is 17.9. The molecule has 23 heavy (non-hydrogen) atoms. The second kappa shape index (κ2) is 7.66. The zero-order valence-corrected chi connectivity index (χ0v) is 13.6. The molecule has 0 radical (unpaired) electrons. The lowest BCUT2D eigenvalue weighted by atomic mass is 10.1. The van der Waals surface area contributed by atoms with Crippen LogP contribution in [0.5, 0.6) is 5.75 Å². The molecular formula is C17H24N2O4. The Hall–Kier alpha value is -1.79. The first-order chi connectivity index (χ1) is 11.3. The number of amides is 1. The highest BCUT2D eigenvalue weighted by molar-refractivity contribution is 5.69. The van der Waals surface area contributed by atoms with Gasteiger partial charge in [-0.2, -0.15) is 0 Å². The van der Waals surface area contributed by atoms with Crippen molar-refractivity contribution in [2.24, 2.45) is 0 Å². The molecule has 0 atom stereocenters. The van der Waals surface area contributed by atoms with Crippen LogP contribution in [0.1, 0.15) is 18.1 Å². The molecule has 126 valence electrons. The third kappa shape index (κ3) is 4.14. The minimum atomic E-state index is -0.251. The Morgan fingerprint density at radius 1 is 1.22 bits per heavy atom. The first-order valence-electron chi connectivity index (χ1n) is 8.22. The summed E-state index contributed by atoms with van der Waals surface area (Å²) in [6.07, 6.45) is -0.251. The van der Waals surface area contributed by atoms with Crippen LogP contribution in [-0.2, 0) is 22.6 Å². The van der Waals surface area contributed by atoms with Gasteiger partial charge in [-0.15, -0.1) is 0 Å². The lowest BCUT2D eigenvalue weighted by molar-refractivity contribution is 0.0322. The van der Waals surface area contributed by atoms with Gasteiger partial charge in [0, 0.05) is 32.7 Å². The van der Waals surface area contributed by atoms with Crippen molar-refractivity contribution in [2.45, 2.75) is 20.0 Å². The van der Waals surface area contributed by atoms with Gasteiger partial charge < -0.3 is 14.2 Å². The van der Waals surface area contributed by atoms with Gasteiger partial charge in [-0.3, -0.25) is 9.80 Å². The molecule has 6 heteroatoms. The fourth-order valence-electron chi connectivity index (χ4n) is 2.92. The van der Waals surface area contributed by atoms with Gasteiger partial charge >= 0.3 is 6.09 Å². The van der Waals surface area contributed by atoms with E-state index in [9.17, 15) is 4.79 Å². The Bertz CT molecular complexity index is 543. The maximum Gasteiger partial charge on any atom is 0.410 e. The van der Waals surface area contributed by atoms with E-state index in [1.807, 2.05) is 25.1 Å². The Kier molecular flexibility index (Phi) is 5.35. The number of fused-ring (bicyclic) bond motifs is 1. The molecule has 1 aromatic rings. The fraction of sp³-hybridized carbons (Fsp3) is 0.588. The van der Waals surface area contributed by atoms with Crippen molar-refractivity contribution in [3.8, 4) is 5.75 Å². The zero-order valence-electron chi connectivity index (χ0n) is 13.6. The van der Waals surface area contributed by atoms with Gasteiger partial charge in [0.15, 0.2) is 0 Å². The van der Waals surface area contributed by atoms with Crippen molar-refractivity contribution in [1.82, 2.24) is 9.80 Å². The standard InChI is InChI=1S/C17H24N2O4/c1-2-22-17(20)19-12-14-3-4-16(11-15(14)13-19)23-10-7-18-5-8-21-9-6-18/h3-4,11H,2,5-10,12-13H2,1H3. The van der Waals surface area contributed by atoms with Crippen molar-refractivity contribution >= 4 is 6.09 Å². The Balaban J connectivity index is 1.49. The van der Waals surface area contributed by atoms with Crippen LogP contribution >= 0.6 is 0 Å². The average molecular weight is 320 g/mol. The minimum Gasteiger partial charge on any atom is -0.492 e. The molecule has 1 amide bonds. The summed E-state index contributed by atoms with van der Waals surface area (Å²) < 4.78 is 16.3. The molecule has 0 bridgehead atoms. The van der Waals surface area contributed by atoms with Gasteiger partial charge in [0.1, 0.15) is 12.4 Å². The molecule has 6 nitrogen and oxygen atoms in total. The summed E-state index contributed by atoms with van der Waals surface area (Å²) in [6.45, 7) is 8.57. The molecule has 2 aliphatic rings.